The van der Waals surface area contributed by atoms with Crippen molar-refractivity contribution in [2.75, 3.05) is 13.2 Å². The number of aliphatic hydroxyl groups is 1. The van der Waals surface area contributed by atoms with Crippen LogP contribution in [0.25, 0.3) is 0 Å². The van der Waals surface area contributed by atoms with Crippen LogP contribution in [0, 0.1) is 5.92 Å². The van der Waals surface area contributed by atoms with Gasteiger partial charge in [0.05, 0.1) is 18.2 Å². The fourth-order valence-electron chi connectivity index (χ4n) is 3.70. The van der Waals surface area contributed by atoms with Crippen LogP contribution in [-0.4, -0.2) is 39.7 Å². The first-order chi connectivity index (χ1) is 11.0. The third kappa shape index (κ3) is 4.02. The molecule has 1 fully saturated rings. The van der Waals surface area contributed by atoms with Gasteiger partial charge in [0.25, 0.3) is 0 Å². The van der Waals surface area contributed by atoms with Crippen molar-refractivity contribution in [1.29, 1.82) is 0 Å². The van der Waals surface area contributed by atoms with Crippen molar-refractivity contribution in [3.05, 3.63) is 30.1 Å². The summed E-state index contributed by atoms with van der Waals surface area (Å²) < 4.78 is 0. The molecule has 0 bridgehead atoms. The Balaban J connectivity index is 2.12. The molecule has 2 N–H and O–H groups in total. The van der Waals surface area contributed by atoms with Crippen LogP contribution in [0.5, 0.6) is 0 Å². The molecule has 2 heterocycles. The van der Waals surface area contributed by atoms with Crippen molar-refractivity contribution < 1.29 is 9.90 Å². The number of nitrogens with zero attached hydrogens (tertiary/aromatic N) is 2. The van der Waals surface area contributed by atoms with E-state index >= 15 is 0 Å². The Morgan fingerprint density at radius 2 is 2.13 bits per heavy atom. The molecule has 0 aliphatic carbocycles. The second kappa shape index (κ2) is 7.77. The Hall–Kier alpha value is -1.62. The predicted molar refractivity (Wildman–Crippen MR) is 91.0 cm³/mol. The number of carbonyl (C=O) groups excluding carboxylic acids is 1. The second-order valence-electron chi connectivity index (χ2n) is 6.93. The zero-order chi connectivity index (χ0) is 16.9. The van der Waals surface area contributed by atoms with E-state index in [1.54, 1.807) is 12.4 Å². The van der Waals surface area contributed by atoms with Gasteiger partial charge in [-0.2, -0.15) is 0 Å². The molecule has 1 aliphatic rings. The molecule has 5 nitrogen and oxygen atoms in total. The largest absolute Gasteiger partial charge is 0.394 e. The summed E-state index contributed by atoms with van der Waals surface area (Å²) in [5, 5.41) is 13.1. The summed E-state index contributed by atoms with van der Waals surface area (Å²) in [4.78, 5) is 18.7. The van der Waals surface area contributed by atoms with Crippen molar-refractivity contribution >= 4 is 6.03 Å². The standard InChI is InChI=1S/C18H29N3O2/c1-4-16(15-6-9-19-10-7-15)20-17(23)21-11-5-8-18(21,13-22)12-14(2)3/h6-7,9-10,14,16,22H,4-5,8,11-13H2,1-3H3,(H,20,23)/t16-,18-/m0/s1. The molecule has 0 saturated carbocycles. The highest BCUT2D eigenvalue weighted by molar-refractivity contribution is 5.76. The van der Waals surface area contributed by atoms with Gasteiger partial charge in [0.1, 0.15) is 0 Å². The number of likely N-dealkylation sites (tertiary alicyclic amines) is 1. The maximum absolute atomic E-state index is 12.8. The van der Waals surface area contributed by atoms with Crippen molar-refractivity contribution in [1.82, 2.24) is 15.2 Å². The van der Waals surface area contributed by atoms with E-state index in [1.165, 1.54) is 0 Å². The predicted octanol–water partition coefficient (Wildman–Crippen LogP) is 3.12. The Morgan fingerprint density at radius 1 is 1.43 bits per heavy atom. The summed E-state index contributed by atoms with van der Waals surface area (Å²) in [7, 11) is 0. The lowest BCUT2D eigenvalue weighted by Crippen LogP contribution is -2.54. The van der Waals surface area contributed by atoms with Gasteiger partial charge in [-0.15, -0.1) is 0 Å². The third-order valence-corrected chi connectivity index (χ3v) is 4.74. The number of nitrogens with one attached hydrogen (secondary N) is 1. The maximum atomic E-state index is 12.8. The first-order valence-electron chi connectivity index (χ1n) is 8.61. The molecule has 0 aromatic carbocycles. The molecular weight excluding hydrogens is 290 g/mol. The molecule has 23 heavy (non-hydrogen) atoms. The summed E-state index contributed by atoms with van der Waals surface area (Å²) in [6, 6.07) is 3.78. The molecule has 0 spiro atoms. The highest BCUT2D eigenvalue weighted by Crippen LogP contribution is 2.35. The van der Waals surface area contributed by atoms with Crippen LogP contribution in [0.15, 0.2) is 24.5 Å². The second-order valence-corrected chi connectivity index (χ2v) is 6.93. The molecular formula is C18H29N3O2. The van der Waals surface area contributed by atoms with E-state index in [-0.39, 0.29) is 18.7 Å². The normalized spacial score (nSPS) is 22.4. The molecule has 128 valence electrons. The number of hydrogen-bond donors (Lipinski definition) is 2. The van der Waals surface area contributed by atoms with Crippen LogP contribution in [0.2, 0.25) is 0 Å². The quantitative estimate of drug-likeness (QED) is 0.846. The van der Waals surface area contributed by atoms with E-state index in [9.17, 15) is 9.90 Å². The Labute approximate surface area is 139 Å². The van der Waals surface area contributed by atoms with Gasteiger partial charge in [0.15, 0.2) is 0 Å². The smallest absolute Gasteiger partial charge is 0.318 e. The van der Waals surface area contributed by atoms with Gasteiger partial charge in [-0.25, -0.2) is 4.79 Å². The molecule has 1 aromatic heterocycles. The van der Waals surface area contributed by atoms with Gasteiger partial charge in [-0.05, 0) is 49.3 Å². The summed E-state index contributed by atoms with van der Waals surface area (Å²) in [5.74, 6) is 0.442. The number of hydrogen-bond acceptors (Lipinski definition) is 3. The van der Waals surface area contributed by atoms with Gasteiger partial charge in [-0.1, -0.05) is 20.8 Å². The van der Waals surface area contributed by atoms with Gasteiger partial charge in [-0.3, -0.25) is 4.98 Å². The van der Waals surface area contributed by atoms with Gasteiger partial charge in [0, 0.05) is 18.9 Å². The van der Waals surface area contributed by atoms with Crippen molar-refractivity contribution in [2.45, 2.75) is 58.0 Å². The lowest BCUT2D eigenvalue weighted by Gasteiger charge is -2.39. The molecule has 2 amide bonds. The minimum atomic E-state index is -0.408. The highest BCUT2D eigenvalue weighted by Gasteiger charge is 2.43. The van der Waals surface area contributed by atoms with E-state index in [0.29, 0.717) is 12.5 Å². The average Bonchev–Trinajstić information content (AvgIpc) is 2.96. The summed E-state index contributed by atoms with van der Waals surface area (Å²) >= 11 is 0. The third-order valence-electron chi connectivity index (χ3n) is 4.74. The first kappa shape index (κ1) is 17.7. The zero-order valence-corrected chi connectivity index (χ0v) is 14.5. The number of urea groups is 1. The first-order valence-corrected chi connectivity index (χ1v) is 8.61. The zero-order valence-electron chi connectivity index (χ0n) is 14.5. The number of amides is 2. The van der Waals surface area contributed by atoms with Crippen molar-refractivity contribution in [2.24, 2.45) is 5.92 Å². The van der Waals surface area contributed by atoms with Crippen LogP contribution < -0.4 is 5.32 Å². The Bertz CT molecular complexity index is 506. The van der Waals surface area contributed by atoms with Crippen molar-refractivity contribution in [3.8, 4) is 0 Å². The van der Waals surface area contributed by atoms with Crippen LogP contribution in [0.3, 0.4) is 0 Å². The monoisotopic (exact) mass is 319 g/mol. The van der Waals surface area contributed by atoms with E-state index in [1.807, 2.05) is 17.0 Å². The molecule has 1 aliphatic heterocycles. The van der Waals surface area contributed by atoms with Crippen LogP contribution in [-0.2, 0) is 0 Å². The molecule has 1 aromatic rings. The summed E-state index contributed by atoms with van der Waals surface area (Å²) in [6.07, 6.45) is 6.98. The summed E-state index contributed by atoms with van der Waals surface area (Å²) in [6.45, 7) is 7.08. The van der Waals surface area contributed by atoms with Gasteiger partial charge >= 0.3 is 6.03 Å². The van der Waals surface area contributed by atoms with Crippen LogP contribution in [0.4, 0.5) is 4.79 Å². The molecule has 0 radical (unpaired) electrons. The fraction of sp³-hybridized carbons (Fsp3) is 0.667. The van der Waals surface area contributed by atoms with Gasteiger partial charge in [0.2, 0.25) is 0 Å². The van der Waals surface area contributed by atoms with Gasteiger partial charge < -0.3 is 15.3 Å². The minimum absolute atomic E-state index is 0.0263. The highest BCUT2D eigenvalue weighted by atomic mass is 16.3. The minimum Gasteiger partial charge on any atom is -0.394 e. The van der Waals surface area contributed by atoms with Crippen LogP contribution in [0.1, 0.15) is 58.1 Å². The Kier molecular flexibility index (Phi) is 5.99. The van der Waals surface area contributed by atoms with Crippen molar-refractivity contribution in [3.63, 3.8) is 0 Å². The number of pyridine rings is 1. The number of rotatable bonds is 6. The van der Waals surface area contributed by atoms with E-state index < -0.39 is 5.54 Å². The SMILES string of the molecule is CC[C@H](NC(=O)N1CCC[C@@]1(CO)CC(C)C)c1ccncc1. The lowest BCUT2D eigenvalue weighted by atomic mass is 9.87. The Morgan fingerprint density at radius 3 is 2.70 bits per heavy atom. The topological polar surface area (TPSA) is 65.5 Å². The molecule has 2 atom stereocenters. The van der Waals surface area contributed by atoms with E-state index in [4.69, 9.17) is 0 Å². The van der Waals surface area contributed by atoms with E-state index in [0.717, 1.165) is 31.2 Å². The molecule has 5 heteroatoms. The average molecular weight is 319 g/mol. The molecule has 2 rings (SSSR count). The lowest BCUT2D eigenvalue weighted by molar-refractivity contribution is 0.0664. The van der Waals surface area contributed by atoms with Crippen LogP contribution >= 0.6 is 0 Å². The number of carbonyl (C=O) groups is 1. The molecule has 0 unspecified atom stereocenters. The molecule has 1 saturated heterocycles. The number of aromatic nitrogens is 1. The maximum Gasteiger partial charge on any atom is 0.318 e. The van der Waals surface area contributed by atoms with E-state index in [2.05, 4.69) is 31.1 Å². The summed E-state index contributed by atoms with van der Waals surface area (Å²) in [5.41, 5.74) is 0.655. The fourth-order valence-corrected chi connectivity index (χ4v) is 3.70. The number of aliphatic hydroxyl groups excluding tert-OH is 1.